The second kappa shape index (κ2) is 11.3. The number of anilines is 2. The molecule has 0 aliphatic heterocycles. The summed E-state index contributed by atoms with van der Waals surface area (Å²) in [5.41, 5.74) is 7.23. The Balaban J connectivity index is 0.000000245. The maximum atomic E-state index is 11.7. The zero-order valence-electron chi connectivity index (χ0n) is 17.2. The molecule has 0 amide bonds. The van der Waals surface area contributed by atoms with Crippen LogP contribution in [0, 0.1) is 6.92 Å². The van der Waals surface area contributed by atoms with Gasteiger partial charge in [0.2, 0.25) is 0 Å². The Morgan fingerprint density at radius 2 is 1.52 bits per heavy atom. The maximum Gasteiger partial charge on any atom is 0.340 e. The third kappa shape index (κ3) is 6.94. The molecule has 2 aromatic carbocycles. The number of carbonyl (C=O) groups excluding carboxylic acids is 2. The van der Waals surface area contributed by atoms with E-state index in [1.54, 1.807) is 30.3 Å². The monoisotopic (exact) mass is 464 g/mol. The summed E-state index contributed by atoms with van der Waals surface area (Å²) in [7, 11) is 2.63. The van der Waals surface area contributed by atoms with E-state index in [1.807, 2.05) is 19.1 Å². The van der Waals surface area contributed by atoms with Gasteiger partial charge in [-0.1, -0.05) is 23.2 Å². The highest BCUT2D eigenvalue weighted by atomic mass is 35.5. The van der Waals surface area contributed by atoms with Gasteiger partial charge in [0, 0.05) is 21.4 Å². The zero-order chi connectivity index (χ0) is 23.0. The van der Waals surface area contributed by atoms with E-state index in [1.165, 1.54) is 20.3 Å². The van der Waals surface area contributed by atoms with Gasteiger partial charge < -0.3 is 24.9 Å². The van der Waals surface area contributed by atoms with Gasteiger partial charge >= 0.3 is 11.9 Å². The molecule has 0 spiro atoms. The lowest BCUT2D eigenvalue weighted by Gasteiger charge is -2.10. The number of nitrogens with one attached hydrogen (secondary N) is 1. The maximum absolute atomic E-state index is 11.7. The number of nitrogens with two attached hydrogens (primary N) is 1. The van der Waals surface area contributed by atoms with E-state index >= 15 is 0 Å². The molecule has 3 aromatic rings. The minimum atomic E-state index is -0.477. The highest BCUT2D eigenvalue weighted by Crippen LogP contribution is 2.22. The molecule has 9 heteroatoms. The van der Waals surface area contributed by atoms with Gasteiger partial charge in [-0.15, -0.1) is 0 Å². The van der Waals surface area contributed by atoms with Crippen molar-refractivity contribution in [3.8, 4) is 0 Å². The third-order valence-electron chi connectivity index (χ3n) is 4.06. The summed E-state index contributed by atoms with van der Waals surface area (Å²) in [6.07, 6.45) is 0. The van der Waals surface area contributed by atoms with Crippen LogP contribution in [0.15, 0.2) is 52.9 Å². The first-order valence-electron chi connectivity index (χ1n) is 9.05. The van der Waals surface area contributed by atoms with Crippen LogP contribution >= 0.6 is 23.2 Å². The summed E-state index contributed by atoms with van der Waals surface area (Å²) in [4.78, 5) is 22.7. The van der Waals surface area contributed by atoms with Gasteiger partial charge in [0.15, 0.2) is 0 Å². The summed E-state index contributed by atoms with van der Waals surface area (Å²) in [6.45, 7) is 2.37. The van der Waals surface area contributed by atoms with E-state index in [9.17, 15) is 9.59 Å². The number of halogens is 2. The first-order chi connectivity index (χ1) is 14.7. The van der Waals surface area contributed by atoms with Crippen molar-refractivity contribution in [3.63, 3.8) is 0 Å². The van der Waals surface area contributed by atoms with Crippen LogP contribution in [0.3, 0.4) is 0 Å². The molecule has 164 valence electrons. The first kappa shape index (κ1) is 24.1. The topological polar surface area (TPSA) is 104 Å². The number of nitrogen functional groups attached to an aromatic ring is 1. The van der Waals surface area contributed by atoms with Gasteiger partial charge in [0.25, 0.3) is 0 Å². The van der Waals surface area contributed by atoms with Crippen molar-refractivity contribution in [2.24, 2.45) is 0 Å². The molecule has 0 aliphatic rings. The largest absolute Gasteiger partial charge is 0.465 e. The van der Waals surface area contributed by atoms with Crippen molar-refractivity contribution < 1.29 is 23.5 Å². The molecule has 0 fully saturated rings. The van der Waals surface area contributed by atoms with Crippen LogP contribution in [-0.2, 0) is 16.0 Å². The van der Waals surface area contributed by atoms with Crippen molar-refractivity contribution >= 4 is 46.5 Å². The van der Waals surface area contributed by atoms with Crippen LogP contribution in [0.5, 0.6) is 0 Å². The van der Waals surface area contributed by atoms with E-state index < -0.39 is 11.9 Å². The summed E-state index contributed by atoms with van der Waals surface area (Å²) in [5.74, 6) is 0.736. The average Bonchev–Trinajstić information content (AvgIpc) is 3.18. The molecule has 3 rings (SSSR count). The molecule has 0 bridgehead atoms. The van der Waals surface area contributed by atoms with Crippen molar-refractivity contribution in [1.29, 1.82) is 0 Å². The molecule has 3 N–H and O–H groups in total. The number of ether oxygens (including phenoxy) is 2. The summed E-state index contributed by atoms with van der Waals surface area (Å²) in [5, 5.41) is 4.08. The molecule has 7 nitrogen and oxygen atoms in total. The number of methoxy groups -OCH3 is 2. The Kier molecular flexibility index (Phi) is 8.78. The predicted octanol–water partition coefficient (Wildman–Crippen LogP) is 5.35. The Bertz CT molecular complexity index is 1070. The molecule has 31 heavy (non-hydrogen) atoms. The van der Waals surface area contributed by atoms with E-state index in [4.69, 9.17) is 38.1 Å². The van der Waals surface area contributed by atoms with Crippen LogP contribution in [0.4, 0.5) is 11.4 Å². The van der Waals surface area contributed by atoms with Crippen molar-refractivity contribution in [1.82, 2.24) is 0 Å². The summed E-state index contributed by atoms with van der Waals surface area (Å²) >= 11 is 11.5. The molecule has 0 aliphatic carbocycles. The normalized spacial score (nSPS) is 9.97. The minimum absolute atomic E-state index is 0.296. The fourth-order valence-electron chi connectivity index (χ4n) is 2.53. The van der Waals surface area contributed by atoms with Crippen LogP contribution in [0.25, 0.3) is 0 Å². The second-order valence-corrected chi connectivity index (χ2v) is 7.14. The molecule has 1 aromatic heterocycles. The molecule has 1 heterocycles. The van der Waals surface area contributed by atoms with Gasteiger partial charge in [-0.05, 0) is 55.5 Å². The summed E-state index contributed by atoms with van der Waals surface area (Å²) < 4.78 is 14.7. The molecule has 0 unspecified atom stereocenters. The first-order valence-corrected chi connectivity index (χ1v) is 9.81. The summed E-state index contributed by atoms with van der Waals surface area (Å²) in [6, 6.07) is 13.5. The Morgan fingerprint density at radius 3 is 2.10 bits per heavy atom. The number of esters is 2. The van der Waals surface area contributed by atoms with E-state index in [-0.39, 0.29) is 0 Å². The van der Waals surface area contributed by atoms with Crippen LogP contribution in [0.2, 0.25) is 10.0 Å². The number of benzene rings is 2. The van der Waals surface area contributed by atoms with Gasteiger partial charge in [0.1, 0.15) is 11.5 Å². The smallest absolute Gasteiger partial charge is 0.340 e. The number of hydrogen-bond acceptors (Lipinski definition) is 7. The van der Waals surface area contributed by atoms with Crippen LogP contribution in [0.1, 0.15) is 32.2 Å². The molecular weight excluding hydrogens is 443 g/mol. The van der Waals surface area contributed by atoms with Crippen molar-refractivity contribution in [3.05, 3.63) is 81.2 Å². The number of carbonyl (C=O) groups is 2. The number of rotatable bonds is 5. The predicted molar refractivity (Wildman–Crippen MR) is 121 cm³/mol. The number of furan rings is 1. The lowest BCUT2D eigenvalue weighted by atomic mass is 10.1. The molecule has 0 radical (unpaired) electrons. The standard InChI is InChI=1S/C14H14ClNO3.C8H8ClNO2/c1-9-3-5-11(19-9)8-16-13-6-4-10(15)7-12(13)14(17)18-2;1-12-8(11)6-4-5(9)2-3-7(6)10/h3-7,16H,8H2,1-2H3;2-4H,10H2,1H3. The van der Waals surface area contributed by atoms with E-state index in [0.717, 1.165) is 11.5 Å². The van der Waals surface area contributed by atoms with Crippen LogP contribution < -0.4 is 11.1 Å². The van der Waals surface area contributed by atoms with Crippen molar-refractivity contribution in [2.45, 2.75) is 13.5 Å². The lowest BCUT2D eigenvalue weighted by molar-refractivity contribution is 0.0593. The van der Waals surface area contributed by atoms with Gasteiger partial charge in [-0.25, -0.2) is 9.59 Å². The van der Waals surface area contributed by atoms with Gasteiger partial charge in [0.05, 0.1) is 31.9 Å². The number of hydrogen-bond donors (Lipinski definition) is 2. The van der Waals surface area contributed by atoms with Crippen LogP contribution in [-0.4, -0.2) is 26.2 Å². The van der Waals surface area contributed by atoms with Crippen molar-refractivity contribution in [2.75, 3.05) is 25.3 Å². The van der Waals surface area contributed by atoms with E-state index in [2.05, 4.69) is 10.1 Å². The number of aryl methyl sites for hydroxylation is 1. The molecular formula is C22H22Cl2N2O5. The molecule has 0 saturated heterocycles. The van der Waals surface area contributed by atoms with Gasteiger partial charge in [-0.2, -0.15) is 0 Å². The lowest BCUT2D eigenvalue weighted by Crippen LogP contribution is -2.08. The second-order valence-electron chi connectivity index (χ2n) is 6.27. The van der Waals surface area contributed by atoms with E-state index in [0.29, 0.717) is 39.1 Å². The average molecular weight is 465 g/mol. The highest BCUT2D eigenvalue weighted by molar-refractivity contribution is 6.31. The third-order valence-corrected chi connectivity index (χ3v) is 4.53. The minimum Gasteiger partial charge on any atom is -0.465 e. The fourth-order valence-corrected chi connectivity index (χ4v) is 2.87. The Hall–Kier alpha value is -3.16. The molecule has 0 saturated carbocycles. The fraction of sp³-hybridized carbons (Fsp3) is 0.182. The quantitative estimate of drug-likeness (QED) is 0.387. The Labute approximate surface area is 190 Å². The zero-order valence-corrected chi connectivity index (χ0v) is 18.7. The Morgan fingerprint density at radius 1 is 0.935 bits per heavy atom. The van der Waals surface area contributed by atoms with Gasteiger partial charge in [-0.3, -0.25) is 0 Å². The molecule has 0 atom stereocenters. The highest BCUT2D eigenvalue weighted by Gasteiger charge is 2.13. The SMILES string of the molecule is COC(=O)c1cc(Cl)ccc1N.COC(=O)c1cc(Cl)ccc1NCc1ccc(C)o1.